The van der Waals surface area contributed by atoms with Gasteiger partial charge in [0.1, 0.15) is 5.82 Å². The van der Waals surface area contributed by atoms with E-state index in [1.165, 1.54) is 16.8 Å². The zero-order valence-corrected chi connectivity index (χ0v) is 13.4. The lowest BCUT2D eigenvalue weighted by Crippen LogP contribution is -2.30. The number of aromatic nitrogens is 2. The molecule has 23 heavy (non-hydrogen) atoms. The maximum atomic E-state index is 4.65. The highest BCUT2D eigenvalue weighted by molar-refractivity contribution is 5.31. The largest absolute Gasteiger partial charge is 0.304 e. The zero-order chi connectivity index (χ0) is 15.6. The first kappa shape index (κ1) is 14.2. The molecular formula is C20H21N3. The molecule has 0 unspecified atom stereocenters. The minimum absolute atomic E-state index is 0.955. The van der Waals surface area contributed by atoms with Crippen molar-refractivity contribution in [2.75, 3.05) is 6.54 Å². The van der Waals surface area contributed by atoms with E-state index in [1.807, 2.05) is 13.0 Å². The van der Waals surface area contributed by atoms with Crippen LogP contribution in [0, 0.1) is 6.92 Å². The van der Waals surface area contributed by atoms with Gasteiger partial charge in [0.15, 0.2) is 0 Å². The smallest absolute Gasteiger partial charge is 0.137 e. The zero-order valence-electron chi connectivity index (χ0n) is 13.4. The Hall–Kier alpha value is -2.39. The third-order valence-electron chi connectivity index (χ3n) is 4.55. The molecule has 0 radical (unpaired) electrons. The number of rotatable bonds is 3. The Morgan fingerprint density at radius 1 is 0.957 bits per heavy atom. The minimum atomic E-state index is 0.955. The second kappa shape index (κ2) is 6.01. The SMILES string of the molecule is Cc1cccc(-n2cccc2CN2CCc3ccccc3C2)n1. The highest BCUT2D eigenvalue weighted by Crippen LogP contribution is 2.21. The van der Waals surface area contributed by atoms with Gasteiger partial charge >= 0.3 is 0 Å². The van der Waals surface area contributed by atoms with E-state index in [1.54, 1.807) is 0 Å². The summed E-state index contributed by atoms with van der Waals surface area (Å²) in [5.74, 6) is 1.00. The highest BCUT2D eigenvalue weighted by atomic mass is 15.2. The molecule has 0 saturated heterocycles. The molecule has 0 spiro atoms. The predicted octanol–water partition coefficient (Wildman–Crippen LogP) is 3.74. The summed E-state index contributed by atoms with van der Waals surface area (Å²) in [5, 5.41) is 0. The molecule has 0 fully saturated rings. The van der Waals surface area contributed by atoms with Crippen LogP contribution in [0.3, 0.4) is 0 Å². The Labute approximate surface area is 137 Å². The van der Waals surface area contributed by atoms with Gasteiger partial charge in [-0.25, -0.2) is 4.98 Å². The van der Waals surface area contributed by atoms with Gasteiger partial charge in [-0.15, -0.1) is 0 Å². The first-order valence-corrected chi connectivity index (χ1v) is 8.19. The van der Waals surface area contributed by atoms with Gasteiger partial charge in [0, 0.05) is 37.2 Å². The van der Waals surface area contributed by atoms with Crippen molar-refractivity contribution >= 4 is 0 Å². The van der Waals surface area contributed by atoms with E-state index in [0.717, 1.165) is 37.6 Å². The molecule has 1 aliphatic heterocycles. The number of aryl methyl sites for hydroxylation is 1. The Balaban J connectivity index is 1.56. The molecule has 2 aromatic heterocycles. The van der Waals surface area contributed by atoms with Gasteiger partial charge in [0.2, 0.25) is 0 Å². The lowest BCUT2D eigenvalue weighted by atomic mass is 10.00. The molecule has 116 valence electrons. The number of nitrogens with zero attached hydrogens (tertiary/aromatic N) is 3. The molecule has 0 saturated carbocycles. The van der Waals surface area contributed by atoms with Crippen molar-refractivity contribution in [2.24, 2.45) is 0 Å². The Kier molecular flexibility index (Phi) is 3.72. The number of fused-ring (bicyclic) bond motifs is 1. The van der Waals surface area contributed by atoms with Crippen molar-refractivity contribution in [3.8, 4) is 5.82 Å². The number of pyridine rings is 1. The standard InChI is InChI=1S/C20H21N3/c1-16-6-4-10-20(21-16)23-12-5-9-19(23)15-22-13-11-17-7-2-3-8-18(17)14-22/h2-10,12H,11,13-15H2,1H3. The van der Waals surface area contributed by atoms with Crippen molar-refractivity contribution in [2.45, 2.75) is 26.4 Å². The monoisotopic (exact) mass is 303 g/mol. The molecule has 4 rings (SSSR count). The topological polar surface area (TPSA) is 21.1 Å². The van der Waals surface area contributed by atoms with Crippen LogP contribution in [-0.2, 0) is 19.5 Å². The summed E-state index contributed by atoms with van der Waals surface area (Å²) in [5.41, 5.74) is 5.31. The molecule has 0 atom stereocenters. The lowest BCUT2D eigenvalue weighted by molar-refractivity contribution is 0.241. The highest BCUT2D eigenvalue weighted by Gasteiger charge is 2.17. The van der Waals surface area contributed by atoms with Gasteiger partial charge in [-0.3, -0.25) is 4.90 Å². The van der Waals surface area contributed by atoms with Crippen LogP contribution in [0.1, 0.15) is 22.5 Å². The van der Waals surface area contributed by atoms with Crippen LogP contribution in [0.5, 0.6) is 0 Å². The lowest BCUT2D eigenvalue weighted by Gasteiger charge is -2.29. The summed E-state index contributed by atoms with van der Waals surface area (Å²) < 4.78 is 2.20. The minimum Gasteiger partial charge on any atom is -0.304 e. The van der Waals surface area contributed by atoms with Crippen LogP contribution >= 0.6 is 0 Å². The molecule has 1 aromatic carbocycles. The van der Waals surface area contributed by atoms with E-state index in [-0.39, 0.29) is 0 Å². The first-order chi connectivity index (χ1) is 11.3. The van der Waals surface area contributed by atoms with Gasteiger partial charge in [0.25, 0.3) is 0 Å². The van der Waals surface area contributed by atoms with Crippen LogP contribution in [-0.4, -0.2) is 21.0 Å². The van der Waals surface area contributed by atoms with Crippen LogP contribution in [0.15, 0.2) is 60.8 Å². The molecule has 0 aliphatic carbocycles. The Morgan fingerprint density at radius 2 is 1.83 bits per heavy atom. The van der Waals surface area contributed by atoms with Crippen molar-refractivity contribution in [3.05, 3.63) is 83.3 Å². The third kappa shape index (κ3) is 2.92. The fourth-order valence-electron chi connectivity index (χ4n) is 3.35. The van der Waals surface area contributed by atoms with Crippen LogP contribution < -0.4 is 0 Å². The normalized spacial score (nSPS) is 14.7. The average molecular weight is 303 g/mol. The third-order valence-corrected chi connectivity index (χ3v) is 4.55. The molecular weight excluding hydrogens is 282 g/mol. The molecule has 3 nitrogen and oxygen atoms in total. The summed E-state index contributed by atoms with van der Waals surface area (Å²) in [6, 6.07) is 19.3. The molecule has 3 heterocycles. The van der Waals surface area contributed by atoms with Crippen LogP contribution in [0.25, 0.3) is 5.82 Å². The van der Waals surface area contributed by atoms with Crippen LogP contribution in [0.2, 0.25) is 0 Å². The van der Waals surface area contributed by atoms with E-state index >= 15 is 0 Å². The Morgan fingerprint density at radius 3 is 2.70 bits per heavy atom. The van der Waals surface area contributed by atoms with Gasteiger partial charge in [-0.05, 0) is 48.7 Å². The molecule has 1 aliphatic rings. The van der Waals surface area contributed by atoms with Crippen molar-refractivity contribution < 1.29 is 0 Å². The van der Waals surface area contributed by atoms with E-state index in [4.69, 9.17) is 0 Å². The number of hydrogen-bond acceptors (Lipinski definition) is 2. The predicted molar refractivity (Wildman–Crippen MR) is 92.6 cm³/mol. The van der Waals surface area contributed by atoms with Gasteiger partial charge in [0.05, 0.1) is 0 Å². The number of hydrogen-bond donors (Lipinski definition) is 0. The van der Waals surface area contributed by atoms with Gasteiger partial charge in [-0.2, -0.15) is 0 Å². The number of benzene rings is 1. The summed E-state index contributed by atoms with van der Waals surface area (Å²) in [6.45, 7) is 5.14. The second-order valence-electron chi connectivity index (χ2n) is 6.24. The van der Waals surface area contributed by atoms with E-state index in [0.29, 0.717) is 0 Å². The summed E-state index contributed by atoms with van der Waals surface area (Å²) in [4.78, 5) is 7.17. The molecule has 0 amide bonds. The van der Waals surface area contributed by atoms with Crippen molar-refractivity contribution in [1.82, 2.24) is 14.5 Å². The van der Waals surface area contributed by atoms with Gasteiger partial charge < -0.3 is 4.57 Å². The molecule has 3 heteroatoms. The quantitative estimate of drug-likeness (QED) is 0.735. The summed E-state index contributed by atoms with van der Waals surface area (Å²) >= 11 is 0. The Bertz CT molecular complexity index is 819. The summed E-state index contributed by atoms with van der Waals surface area (Å²) in [7, 11) is 0. The van der Waals surface area contributed by atoms with Gasteiger partial charge in [-0.1, -0.05) is 30.3 Å². The maximum Gasteiger partial charge on any atom is 0.137 e. The molecule has 0 bridgehead atoms. The van der Waals surface area contributed by atoms with Crippen molar-refractivity contribution in [3.63, 3.8) is 0 Å². The fraction of sp³-hybridized carbons (Fsp3) is 0.250. The van der Waals surface area contributed by atoms with E-state index in [9.17, 15) is 0 Å². The molecule has 0 N–H and O–H groups in total. The van der Waals surface area contributed by atoms with Crippen molar-refractivity contribution in [1.29, 1.82) is 0 Å². The fourth-order valence-corrected chi connectivity index (χ4v) is 3.35. The second-order valence-corrected chi connectivity index (χ2v) is 6.24. The summed E-state index contributed by atoms with van der Waals surface area (Å²) in [6.07, 6.45) is 3.24. The van der Waals surface area contributed by atoms with E-state index < -0.39 is 0 Å². The van der Waals surface area contributed by atoms with Crippen LogP contribution in [0.4, 0.5) is 0 Å². The average Bonchev–Trinajstić information content (AvgIpc) is 3.03. The van der Waals surface area contributed by atoms with E-state index in [2.05, 4.69) is 69.2 Å². The maximum absolute atomic E-state index is 4.65. The molecule has 3 aromatic rings. The first-order valence-electron chi connectivity index (χ1n) is 8.19.